The Labute approximate surface area is 168 Å². The largest absolute Gasteiger partial charge is 0.496 e. The van der Waals surface area contributed by atoms with Crippen molar-refractivity contribution < 1.29 is 9.26 Å². The van der Waals surface area contributed by atoms with Crippen LogP contribution in [0.5, 0.6) is 5.75 Å². The van der Waals surface area contributed by atoms with E-state index < -0.39 is 0 Å². The van der Waals surface area contributed by atoms with Gasteiger partial charge in [0.2, 0.25) is 5.95 Å². The van der Waals surface area contributed by atoms with E-state index >= 15 is 0 Å². The van der Waals surface area contributed by atoms with Crippen LogP contribution in [0.15, 0.2) is 35.0 Å². The molecule has 0 spiro atoms. The van der Waals surface area contributed by atoms with Crippen molar-refractivity contribution in [1.82, 2.24) is 25.3 Å². The number of aromatic nitrogens is 5. The van der Waals surface area contributed by atoms with Crippen molar-refractivity contribution in [2.24, 2.45) is 0 Å². The monoisotopic (exact) mass is 390 g/mol. The predicted octanol–water partition coefficient (Wildman–Crippen LogP) is 4.51. The number of rotatable bonds is 5. The van der Waals surface area contributed by atoms with Gasteiger partial charge in [0.25, 0.3) is 0 Å². The molecule has 4 aromatic rings. The Morgan fingerprint density at radius 2 is 1.86 bits per heavy atom. The molecule has 0 aliphatic rings. The second-order valence-electron chi connectivity index (χ2n) is 6.81. The van der Waals surface area contributed by atoms with E-state index in [1.54, 1.807) is 13.3 Å². The quantitative estimate of drug-likeness (QED) is 0.517. The first-order valence-corrected chi connectivity index (χ1v) is 9.21. The highest BCUT2D eigenvalue weighted by molar-refractivity contribution is 5.78. The average molecular weight is 390 g/mol. The Morgan fingerprint density at radius 1 is 1.03 bits per heavy atom. The van der Waals surface area contributed by atoms with E-state index in [9.17, 15) is 0 Å². The topological polar surface area (TPSA) is 102 Å². The summed E-state index contributed by atoms with van der Waals surface area (Å²) in [6, 6.07) is 7.68. The van der Waals surface area contributed by atoms with E-state index in [1.165, 1.54) is 0 Å². The molecule has 8 nitrogen and oxygen atoms in total. The third-order valence-electron chi connectivity index (χ3n) is 4.80. The molecule has 3 heterocycles. The lowest BCUT2D eigenvalue weighted by Gasteiger charge is -2.12. The molecule has 29 heavy (non-hydrogen) atoms. The molecule has 3 aromatic heterocycles. The van der Waals surface area contributed by atoms with E-state index in [4.69, 9.17) is 9.26 Å². The molecule has 0 fully saturated rings. The van der Waals surface area contributed by atoms with E-state index in [2.05, 4.69) is 30.6 Å². The first-order chi connectivity index (χ1) is 14.0. The number of aryl methyl sites for hydroxylation is 4. The van der Waals surface area contributed by atoms with Crippen molar-refractivity contribution in [2.75, 3.05) is 12.4 Å². The fourth-order valence-corrected chi connectivity index (χ4v) is 3.46. The average Bonchev–Trinajstić information content (AvgIpc) is 3.22. The molecule has 0 bridgehead atoms. The van der Waals surface area contributed by atoms with Gasteiger partial charge in [-0.25, -0.2) is 9.97 Å². The SMILES string of the molecule is COc1ccc(Nc2nccc(-c3c(C)n[nH]c3C)n2)cc1-c1c(C)noc1C. The lowest BCUT2D eigenvalue weighted by atomic mass is 10.0. The van der Waals surface area contributed by atoms with Gasteiger partial charge in [0.1, 0.15) is 11.5 Å². The highest BCUT2D eigenvalue weighted by Crippen LogP contribution is 2.37. The maximum atomic E-state index is 5.54. The number of nitrogens with one attached hydrogen (secondary N) is 2. The summed E-state index contributed by atoms with van der Waals surface area (Å²) < 4.78 is 10.9. The molecule has 0 aliphatic carbocycles. The third kappa shape index (κ3) is 3.44. The molecule has 0 aliphatic heterocycles. The van der Waals surface area contributed by atoms with Gasteiger partial charge in [0.15, 0.2) is 0 Å². The zero-order chi connectivity index (χ0) is 20.5. The molecule has 2 N–H and O–H groups in total. The first kappa shape index (κ1) is 18.7. The summed E-state index contributed by atoms with van der Waals surface area (Å²) in [5.74, 6) is 1.98. The zero-order valence-electron chi connectivity index (χ0n) is 17.0. The first-order valence-electron chi connectivity index (χ1n) is 9.21. The predicted molar refractivity (Wildman–Crippen MR) is 110 cm³/mol. The number of methoxy groups -OCH3 is 1. The Hall–Kier alpha value is -3.68. The highest BCUT2D eigenvalue weighted by Gasteiger charge is 2.17. The number of hydrogen-bond donors (Lipinski definition) is 2. The van der Waals surface area contributed by atoms with Crippen molar-refractivity contribution in [3.63, 3.8) is 0 Å². The Kier molecular flexibility index (Phi) is 4.75. The molecule has 1 aromatic carbocycles. The molecule has 148 valence electrons. The molecular weight excluding hydrogens is 368 g/mol. The minimum atomic E-state index is 0.498. The standard InChI is InChI=1S/C21H22N6O2/c1-11-19(12(2)26-25-11)17-8-9-22-21(24-17)23-15-6-7-18(28-5)16(10-15)20-13(3)27-29-14(20)4/h6-10H,1-5H3,(H,25,26)(H,22,23,24). The van der Waals surface area contributed by atoms with Crippen molar-refractivity contribution in [1.29, 1.82) is 0 Å². The summed E-state index contributed by atoms with van der Waals surface area (Å²) in [5.41, 5.74) is 7.12. The number of aromatic amines is 1. The maximum Gasteiger partial charge on any atom is 0.227 e. The third-order valence-corrected chi connectivity index (χ3v) is 4.80. The molecule has 8 heteroatoms. The maximum absolute atomic E-state index is 5.54. The van der Waals surface area contributed by atoms with Gasteiger partial charge in [-0.15, -0.1) is 0 Å². The van der Waals surface area contributed by atoms with Crippen LogP contribution in [0.4, 0.5) is 11.6 Å². The van der Waals surface area contributed by atoms with Gasteiger partial charge >= 0.3 is 0 Å². The van der Waals surface area contributed by atoms with E-state index in [-0.39, 0.29) is 0 Å². The Balaban J connectivity index is 1.71. The van der Waals surface area contributed by atoms with E-state index in [0.29, 0.717) is 5.95 Å². The second-order valence-corrected chi connectivity index (χ2v) is 6.81. The molecular formula is C21H22N6O2. The van der Waals surface area contributed by atoms with Gasteiger partial charge in [-0.2, -0.15) is 5.10 Å². The van der Waals surface area contributed by atoms with Crippen molar-refractivity contribution in [3.05, 3.63) is 53.3 Å². The van der Waals surface area contributed by atoms with Crippen LogP contribution in [0.1, 0.15) is 22.8 Å². The van der Waals surface area contributed by atoms with Crippen LogP contribution in [0.3, 0.4) is 0 Å². The van der Waals surface area contributed by atoms with Gasteiger partial charge in [-0.3, -0.25) is 5.10 Å². The van der Waals surface area contributed by atoms with Gasteiger partial charge in [0.05, 0.1) is 29.8 Å². The lowest BCUT2D eigenvalue weighted by Crippen LogP contribution is -1.99. The second kappa shape index (κ2) is 7.38. The molecule has 0 amide bonds. The van der Waals surface area contributed by atoms with Crippen LogP contribution >= 0.6 is 0 Å². The van der Waals surface area contributed by atoms with Gasteiger partial charge < -0.3 is 14.6 Å². The number of benzene rings is 1. The van der Waals surface area contributed by atoms with Crippen LogP contribution in [0, 0.1) is 27.7 Å². The molecule has 0 unspecified atom stereocenters. The zero-order valence-corrected chi connectivity index (χ0v) is 17.0. The van der Waals surface area contributed by atoms with Crippen LogP contribution in [-0.4, -0.2) is 32.4 Å². The number of H-pyrrole nitrogens is 1. The number of anilines is 2. The smallest absolute Gasteiger partial charge is 0.227 e. The van der Waals surface area contributed by atoms with Crippen LogP contribution in [0.2, 0.25) is 0 Å². The number of hydrogen-bond acceptors (Lipinski definition) is 7. The van der Waals surface area contributed by atoms with Crippen LogP contribution in [0.25, 0.3) is 22.4 Å². The fourth-order valence-electron chi connectivity index (χ4n) is 3.46. The summed E-state index contributed by atoms with van der Waals surface area (Å²) >= 11 is 0. The molecule has 4 rings (SSSR count). The summed E-state index contributed by atoms with van der Waals surface area (Å²) in [5, 5.41) is 14.6. The van der Waals surface area contributed by atoms with Gasteiger partial charge in [-0.1, -0.05) is 5.16 Å². The fraction of sp³-hybridized carbons (Fsp3) is 0.238. The van der Waals surface area contributed by atoms with Crippen LogP contribution in [-0.2, 0) is 0 Å². The molecule has 0 saturated heterocycles. The number of nitrogens with zero attached hydrogens (tertiary/aromatic N) is 4. The van der Waals surface area contributed by atoms with Gasteiger partial charge in [0, 0.05) is 28.7 Å². The lowest BCUT2D eigenvalue weighted by molar-refractivity contribution is 0.393. The summed E-state index contributed by atoms with van der Waals surface area (Å²) in [7, 11) is 1.65. The Bertz CT molecular complexity index is 1140. The van der Waals surface area contributed by atoms with Crippen molar-refractivity contribution in [3.8, 4) is 28.1 Å². The molecule has 0 radical (unpaired) electrons. The minimum Gasteiger partial charge on any atom is -0.496 e. The summed E-state index contributed by atoms with van der Waals surface area (Å²) in [4.78, 5) is 9.02. The highest BCUT2D eigenvalue weighted by atomic mass is 16.5. The summed E-state index contributed by atoms with van der Waals surface area (Å²) in [6.07, 6.45) is 1.73. The van der Waals surface area contributed by atoms with E-state index in [0.717, 1.165) is 56.7 Å². The molecule has 0 atom stereocenters. The van der Waals surface area contributed by atoms with Gasteiger partial charge in [-0.05, 0) is 52.0 Å². The molecule has 0 saturated carbocycles. The van der Waals surface area contributed by atoms with Crippen molar-refractivity contribution >= 4 is 11.6 Å². The van der Waals surface area contributed by atoms with E-state index in [1.807, 2.05) is 52.0 Å². The van der Waals surface area contributed by atoms with Crippen LogP contribution < -0.4 is 10.1 Å². The summed E-state index contributed by atoms with van der Waals surface area (Å²) in [6.45, 7) is 7.72. The number of ether oxygens (including phenoxy) is 1. The van der Waals surface area contributed by atoms with Crippen molar-refractivity contribution in [2.45, 2.75) is 27.7 Å². The normalized spacial score (nSPS) is 10.9. The Morgan fingerprint density at radius 3 is 2.52 bits per heavy atom. The minimum absolute atomic E-state index is 0.498.